The van der Waals surface area contributed by atoms with Crippen molar-refractivity contribution >= 4 is 6.01 Å². The second kappa shape index (κ2) is 5.14. The van der Waals surface area contributed by atoms with Gasteiger partial charge in [0.15, 0.2) is 0 Å². The van der Waals surface area contributed by atoms with Crippen molar-refractivity contribution < 1.29 is 4.52 Å². The first kappa shape index (κ1) is 11.2. The van der Waals surface area contributed by atoms with Gasteiger partial charge in [-0.1, -0.05) is 11.2 Å². The predicted molar refractivity (Wildman–Crippen MR) is 66.8 cm³/mol. The zero-order valence-corrected chi connectivity index (χ0v) is 10.0. The number of nitrogens with zero attached hydrogens (tertiary/aromatic N) is 4. The molecule has 1 aliphatic rings. The maximum atomic E-state index is 5.14. The topological polar surface area (TPSA) is 67.1 Å². The molecule has 0 atom stereocenters. The molecule has 0 radical (unpaired) electrons. The van der Waals surface area contributed by atoms with E-state index < -0.39 is 0 Å². The maximum absolute atomic E-state index is 5.14. The Bertz CT molecular complexity index is 492. The van der Waals surface area contributed by atoms with E-state index in [-0.39, 0.29) is 0 Å². The second-order valence-electron chi connectivity index (χ2n) is 4.30. The fourth-order valence-electron chi connectivity index (χ4n) is 2.01. The molecule has 6 nitrogen and oxygen atoms in total. The molecule has 1 fully saturated rings. The minimum absolute atomic E-state index is 0.447. The normalized spacial score (nSPS) is 16.0. The average molecular weight is 245 g/mol. The number of rotatable bonds is 4. The molecule has 18 heavy (non-hydrogen) atoms. The monoisotopic (exact) mass is 245 g/mol. The van der Waals surface area contributed by atoms with Crippen LogP contribution in [-0.4, -0.2) is 39.8 Å². The number of nitrogens with one attached hydrogen (secondary N) is 1. The van der Waals surface area contributed by atoms with Crippen LogP contribution in [0.1, 0.15) is 12.8 Å². The summed E-state index contributed by atoms with van der Waals surface area (Å²) in [6.07, 6.45) is 4.25. The van der Waals surface area contributed by atoms with Gasteiger partial charge in [-0.15, -0.1) is 0 Å². The summed E-state index contributed by atoms with van der Waals surface area (Å²) in [5, 5.41) is 7.04. The van der Waals surface area contributed by atoms with E-state index in [0.717, 1.165) is 25.5 Å². The van der Waals surface area contributed by atoms with E-state index in [2.05, 4.69) is 25.3 Å². The zero-order valence-electron chi connectivity index (χ0n) is 10.0. The van der Waals surface area contributed by atoms with Crippen LogP contribution in [0.4, 0.5) is 6.01 Å². The van der Waals surface area contributed by atoms with Crippen molar-refractivity contribution in [1.29, 1.82) is 0 Å². The largest absolute Gasteiger partial charge is 0.325 e. The van der Waals surface area contributed by atoms with Gasteiger partial charge in [-0.25, -0.2) is 0 Å². The third-order valence-electron chi connectivity index (χ3n) is 2.97. The van der Waals surface area contributed by atoms with Crippen molar-refractivity contribution in [2.45, 2.75) is 12.8 Å². The van der Waals surface area contributed by atoms with Crippen LogP contribution in [-0.2, 0) is 0 Å². The molecule has 0 unspecified atom stereocenters. The average Bonchev–Trinajstić information content (AvgIpc) is 3.09. The highest BCUT2D eigenvalue weighted by Gasteiger charge is 2.13. The Labute approximate surface area is 105 Å². The summed E-state index contributed by atoms with van der Waals surface area (Å²) < 4.78 is 5.14. The fraction of sp³-hybridized carbons (Fsp3) is 0.417. The first-order valence-electron chi connectivity index (χ1n) is 6.13. The summed E-state index contributed by atoms with van der Waals surface area (Å²) in [5.41, 5.74) is 0.718. The molecule has 3 heterocycles. The zero-order chi connectivity index (χ0) is 12.2. The van der Waals surface area contributed by atoms with Crippen molar-refractivity contribution in [1.82, 2.24) is 20.0 Å². The van der Waals surface area contributed by atoms with E-state index in [4.69, 9.17) is 4.52 Å². The Morgan fingerprint density at radius 1 is 1.28 bits per heavy atom. The molecule has 0 saturated carbocycles. The molecular weight excluding hydrogens is 230 g/mol. The van der Waals surface area contributed by atoms with Gasteiger partial charge in [0, 0.05) is 6.20 Å². The lowest BCUT2D eigenvalue weighted by atomic mass is 10.3. The maximum Gasteiger partial charge on any atom is 0.322 e. The van der Waals surface area contributed by atoms with Gasteiger partial charge in [0.1, 0.15) is 5.69 Å². The third kappa shape index (κ3) is 2.48. The summed E-state index contributed by atoms with van der Waals surface area (Å²) in [5.74, 6) is 0.513. The fourth-order valence-corrected chi connectivity index (χ4v) is 2.01. The van der Waals surface area contributed by atoms with Crippen LogP contribution in [0, 0.1) is 0 Å². The molecule has 1 N–H and O–H groups in total. The van der Waals surface area contributed by atoms with E-state index in [1.807, 2.05) is 18.2 Å². The molecule has 6 heteroatoms. The molecule has 2 aromatic heterocycles. The van der Waals surface area contributed by atoms with Crippen LogP contribution in [0.25, 0.3) is 11.5 Å². The van der Waals surface area contributed by atoms with E-state index in [0.29, 0.717) is 11.8 Å². The molecule has 0 aromatic carbocycles. The second-order valence-corrected chi connectivity index (χ2v) is 4.30. The molecule has 2 aromatic rings. The summed E-state index contributed by atoms with van der Waals surface area (Å²) in [6.45, 7) is 3.02. The number of hydrogen-bond acceptors (Lipinski definition) is 6. The lowest BCUT2D eigenvalue weighted by molar-refractivity contribution is 0.352. The van der Waals surface area contributed by atoms with Gasteiger partial charge >= 0.3 is 6.01 Å². The minimum Gasteiger partial charge on any atom is -0.325 e. The number of pyridine rings is 1. The summed E-state index contributed by atoms with van der Waals surface area (Å²) in [6, 6.07) is 6.06. The number of aromatic nitrogens is 3. The standard InChI is InChI=1S/C12H15N5O/c1-2-6-13-10(5-1)11-15-12(18-16-11)14-9-17-7-3-4-8-17/h1-2,5-6H,3-4,7-9H2,(H,14,15,16). The molecule has 0 amide bonds. The Kier molecular flexibility index (Phi) is 3.18. The van der Waals surface area contributed by atoms with Gasteiger partial charge in [0.05, 0.1) is 6.67 Å². The Morgan fingerprint density at radius 2 is 2.17 bits per heavy atom. The van der Waals surface area contributed by atoms with E-state index in [1.165, 1.54) is 12.8 Å². The number of likely N-dealkylation sites (tertiary alicyclic amines) is 1. The molecule has 1 saturated heterocycles. The van der Waals surface area contributed by atoms with Crippen molar-refractivity contribution in [2.24, 2.45) is 0 Å². The van der Waals surface area contributed by atoms with Crippen molar-refractivity contribution in [2.75, 3.05) is 25.1 Å². The molecular formula is C12H15N5O. The van der Waals surface area contributed by atoms with Gasteiger partial charge in [0.25, 0.3) is 0 Å². The molecule has 0 bridgehead atoms. The smallest absolute Gasteiger partial charge is 0.322 e. The number of anilines is 1. The summed E-state index contributed by atoms with van der Waals surface area (Å²) in [4.78, 5) is 10.8. The summed E-state index contributed by atoms with van der Waals surface area (Å²) in [7, 11) is 0. The molecule has 3 rings (SSSR count). The Morgan fingerprint density at radius 3 is 2.94 bits per heavy atom. The predicted octanol–water partition coefficient (Wildman–Crippen LogP) is 1.60. The molecule has 1 aliphatic heterocycles. The van der Waals surface area contributed by atoms with Crippen LogP contribution in [0.15, 0.2) is 28.9 Å². The van der Waals surface area contributed by atoms with Crippen molar-refractivity contribution in [3.63, 3.8) is 0 Å². The van der Waals surface area contributed by atoms with E-state index >= 15 is 0 Å². The van der Waals surface area contributed by atoms with Crippen LogP contribution >= 0.6 is 0 Å². The van der Waals surface area contributed by atoms with Crippen molar-refractivity contribution in [3.8, 4) is 11.5 Å². The van der Waals surface area contributed by atoms with Gasteiger partial charge in [-0.05, 0) is 38.1 Å². The highest BCUT2D eigenvalue weighted by atomic mass is 16.5. The molecule has 0 aliphatic carbocycles. The van der Waals surface area contributed by atoms with Crippen LogP contribution < -0.4 is 5.32 Å². The van der Waals surface area contributed by atoms with Gasteiger partial charge < -0.3 is 9.84 Å². The van der Waals surface area contributed by atoms with Crippen LogP contribution in [0.5, 0.6) is 0 Å². The van der Waals surface area contributed by atoms with Gasteiger partial charge in [0.2, 0.25) is 5.82 Å². The van der Waals surface area contributed by atoms with Gasteiger partial charge in [-0.3, -0.25) is 9.88 Å². The van der Waals surface area contributed by atoms with E-state index in [9.17, 15) is 0 Å². The first-order chi connectivity index (χ1) is 8.92. The number of hydrogen-bond donors (Lipinski definition) is 1. The Hall–Kier alpha value is -1.95. The van der Waals surface area contributed by atoms with E-state index in [1.54, 1.807) is 6.20 Å². The lowest BCUT2D eigenvalue weighted by Crippen LogP contribution is -2.26. The highest BCUT2D eigenvalue weighted by molar-refractivity contribution is 5.49. The SMILES string of the molecule is c1ccc(-c2noc(NCN3CCCC3)n2)nc1. The lowest BCUT2D eigenvalue weighted by Gasteiger charge is -2.13. The highest BCUT2D eigenvalue weighted by Crippen LogP contribution is 2.15. The molecule has 94 valence electrons. The quantitative estimate of drug-likeness (QED) is 0.882. The minimum atomic E-state index is 0.447. The molecule has 0 spiro atoms. The Balaban J connectivity index is 1.63. The van der Waals surface area contributed by atoms with Crippen LogP contribution in [0.2, 0.25) is 0 Å². The van der Waals surface area contributed by atoms with Crippen LogP contribution in [0.3, 0.4) is 0 Å². The summed E-state index contributed by atoms with van der Waals surface area (Å²) >= 11 is 0. The third-order valence-corrected chi connectivity index (χ3v) is 2.97. The van der Waals surface area contributed by atoms with Gasteiger partial charge in [-0.2, -0.15) is 4.98 Å². The first-order valence-corrected chi connectivity index (χ1v) is 6.13. The van der Waals surface area contributed by atoms with Crippen molar-refractivity contribution in [3.05, 3.63) is 24.4 Å².